The van der Waals surface area contributed by atoms with E-state index in [4.69, 9.17) is 0 Å². The summed E-state index contributed by atoms with van der Waals surface area (Å²) in [7, 11) is 1.76. The molecule has 0 bridgehead atoms. The van der Waals surface area contributed by atoms with Gasteiger partial charge >= 0.3 is 0 Å². The lowest BCUT2D eigenvalue weighted by molar-refractivity contribution is 0.0993. The number of para-hydroxylation sites is 1. The first kappa shape index (κ1) is 24.4. The third-order valence-corrected chi connectivity index (χ3v) is 7.62. The molecule has 192 valence electrons. The number of anilines is 2. The molecular weight excluding hydrogens is 506 g/mol. The second-order valence-electron chi connectivity index (χ2n) is 9.19. The molecule has 0 unspecified atom stereocenters. The third kappa shape index (κ3) is 4.99. The number of carbonyl (C=O) groups is 1. The van der Waals surface area contributed by atoms with Gasteiger partial charge in [0.05, 0.1) is 23.5 Å². The minimum Gasteiger partial charge on any atom is -0.358 e. The van der Waals surface area contributed by atoms with Crippen LogP contribution in [0.1, 0.15) is 32.1 Å². The molecule has 9 heteroatoms. The van der Waals surface area contributed by atoms with Gasteiger partial charge in [-0.1, -0.05) is 30.3 Å². The van der Waals surface area contributed by atoms with E-state index in [9.17, 15) is 4.79 Å². The highest BCUT2D eigenvalue weighted by Crippen LogP contribution is 2.30. The molecule has 4 heterocycles. The maximum atomic E-state index is 13.1. The van der Waals surface area contributed by atoms with E-state index in [0.29, 0.717) is 17.8 Å². The lowest BCUT2D eigenvalue weighted by atomic mass is 10.1. The second kappa shape index (κ2) is 10.5. The molecule has 6 rings (SSSR count). The molecule has 0 saturated carbocycles. The molecule has 0 aliphatic rings. The number of aromatic amines is 1. The smallest absolute Gasteiger partial charge is 0.258 e. The Morgan fingerprint density at radius 1 is 1.08 bits per heavy atom. The minimum atomic E-state index is -0.0816. The van der Waals surface area contributed by atoms with Gasteiger partial charge in [0.2, 0.25) is 0 Å². The van der Waals surface area contributed by atoms with Crippen molar-refractivity contribution in [1.29, 1.82) is 0 Å². The van der Waals surface area contributed by atoms with E-state index in [1.165, 1.54) is 0 Å². The Kier molecular flexibility index (Phi) is 6.56. The molecule has 6 aromatic rings. The number of fused-ring (bicyclic) bond motifs is 2. The first-order valence-electron chi connectivity index (χ1n) is 12.4. The van der Waals surface area contributed by atoms with Crippen molar-refractivity contribution in [3.05, 3.63) is 113 Å². The number of hydrogen-bond donors (Lipinski definition) is 2. The Balaban J connectivity index is 1.21. The number of benzene rings is 2. The van der Waals surface area contributed by atoms with E-state index in [1.54, 1.807) is 42.0 Å². The number of amides is 1. The summed E-state index contributed by atoms with van der Waals surface area (Å²) in [6.07, 6.45) is 7.41. The van der Waals surface area contributed by atoms with Gasteiger partial charge in [-0.05, 0) is 48.9 Å². The first-order valence-corrected chi connectivity index (χ1v) is 13.3. The van der Waals surface area contributed by atoms with Crippen LogP contribution in [0.3, 0.4) is 0 Å². The number of carbonyl (C=O) groups excluding carboxylic acids is 1. The molecule has 4 aromatic heterocycles. The van der Waals surface area contributed by atoms with Gasteiger partial charge in [-0.2, -0.15) is 5.10 Å². The fourth-order valence-corrected chi connectivity index (χ4v) is 5.61. The number of hydrazone groups is 1. The average Bonchev–Trinajstić information content (AvgIpc) is 3.53. The molecule has 0 aliphatic heterocycles. The molecule has 0 radical (unpaired) electrons. The van der Waals surface area contributed by atoms with Crippen molar-refractivity contribution in [3.63, 3.8) is 0 Å². The van der Waals surface area contributed by atoms with Crippen molar-refractivity contribution >= 4 is 56.1 Å². The molecule has 0 atom stereocenters. The highest BCUT2D eigenvalue weighted by atomic mass is 32.1. The summed E-state index contributed by atoms with van der Waals surface area (Å²) < 4.78 is 0. The number of hydrogen-bond acceptors (Lipinski definition) is 7. The van der Waals surface area contributed by atoms with Gasteiger partial charge in [0.1, 0.15) is 11.2 Å². The predicted molar refractivity (Wildman–Crippen MR) is 158 cm³/mol. The summed E-state index contributed by atoms with van der Waals surface area (Å²) >= 11 is 1.61. The Hall–Kier alpha value is -4.89. The zero-order chi connectivity index (χ0) is 26.8. The van der Waals surface area contributed by atoms with Crippen molar-refractivity contribution in [1.82, 2.24) is 19.9 Å². The normalized spacial score (nSPS) is 11.4. The third-order valence-electron chi connectivity index (χ3n) is 6.58. The van der Waals surface area contributed by atoms with Crippen LogP contribution < -0.4 is 10.3 Å². The van der Waals surface area contributed by atoms with E-state index >= 15 is 0 Å². The van der Waals surface area contributed by atoms with Crippen LogP contribution in [0.2, 0.25) is 0 Å². The number of aromatic nitrogens is 4. The van der Waals surface area contributed by atoms with Gasteiger partial charge in [-0.15, -0.1) is 11.3 Å². The topological polar surface area (TPSA) is 99.2 Å². The van der Waals surface area contributed by atoms with Gasteiger partial charge in [-0.25, -0.2) is 9.97 Å². The van der Waals surface area contributed by atoms with Crippen molar-refractivity contribution in [2.24, 2.45) is 5.10 Å². The highest BCUT2D eigenvalue weighted by molar-refractivity contribution is 7.18. The summed E-state index contributed by atoms with van der Waals surface area (Å²) in [5.41, 5.74) is 8.70. The summed E-state index contributed by atoms with van der Waals surface area (Å²) in [6, 6.07) is 21.7. The highest BCUT2D eigenvalue weighted by Gasteiger charge is 2.15. The van der Waals surface area contributed by atoms with Gasteiger partial charge in [0, 0.05) is 52.3 Å². The van der Waals surface area contributed by atoms with Crippen molar-refractivity contribution in [2.45, 2.75) is 13.3 Å². The number of aryl methyl sites for hydroxylation is 1. The van der Waals surface area contributed by atoms with Gasteiger partial charge in [0.25, 0.3) is 5.91 Å². The zero-order valence-corrected chi connectivity index (χ0v) is 22.2. The Morgan fingerprint density at radius 2 is 1.97 bits per heavy atom. The lowest BCUT2D eigenvalue weighted by Crippen LogP contribution is -2.26. The number of rotatable bonds is 7. The van der Waals surface area contributed by atoms with Gasteiger partial charge in [-0.3, -0.25) is 15.2 Å². The van der Waals surface area contributed by atoms with Crippen LogP contribution in [0.25, 0.3) is 21.1 Å². The van der Waals surface area contributed by atoms with Gasteiger partial charge < -0.3 is 9.88 Å². The van der Waals surface area contributed by atoms with E-state index in [1.807, 2.05) is 61.7 Å². The Labute approximate surface area is 229 Å². The summed E-state index contributed by atoms with van der Waals surface area (Å²) in [6.45, 7) is 2.04. The Morgan fingerprint density at radius 3 is 2.85 bits per heavy atom. The van der Waals surface area contributed by atoms with Crippen LogP contribution in [-0.2, 0) is 6.42 Å². The fourth-order valence-electron chi connectivity index (χ4n) is 4.58. The van der Waals surface area contributed by atoms with E-state index in [2.05, 4.69) is 48.7 Å². The average molecular weight is 532 g/mol. The Bertz CT molecular complexity index is 1820. The van der Waals surface area contributed by atoms with Crippen molar-refractivity contribution in [2.75, 3.05) is 17.4 Å². The largest absolute Gasteiger partial charge is 0.358 e. The van der Waals surface area contributed by atoms with E-state index in [-0.39, 0.29) is 5.91 Å². The van der Waals surface area contributed by atoms with Crippen LogP contribution in [0.15, 0.2) is 90.6 Å². The molecule has 39 heavy (non-hydrogen) atoms. The van der Waals surface area contributed by atoms with Gasteiger partial charge in [0.15, 0.2) is 5.82 Å². The number of thiophene rings is 1. The predicted octanol–water partition coefficient (Wildman–Crippen LogP) is 6.19. The van der Waals surface area contributed by atoms with E-state index < -0.39 is 0 Å². The molecule has 1 amide bonds. The monoisotopic (exact) mass is 531 g/mol. The number of nitrogens with one attached hydrogen (secondary N) is 2. The minimum absolute atomic E-state index is 0.0816. The molecule has 0 fully saturated rings. The molecule has 2 aromatic carbocycles. The van der Waals surface area contributed by atoms with Crippen LogP contribution in [0.5, 0.6) is 0 Å². The van der Waals surface area contributed by atoms with Crippen LogP contribution in [-0.4, -0.2) is 39.1 Å². The molecular formula is C30H25N7OS. The quantitative estimate of drug-likeness (QED) is 0.189. The zero-order valence-electron chi connectivity index (χ0n) is 21.4. The number of nitrogens with zero attached hydrogens (tertiary/aromatic N) is 5. The first-order chi connectivity index (χ1) is 19.1. The molecule has 0 saturated heterocycles. The maximum absolute atomic E-state index is 13.1. The SMILES string of the molecule is Cc1[nH]c2ccccc2c1/C=N/Nc1ncnc2sc(Cc3cccc(C(=O)N(C)c4cccnc4)c3)cc12. The van der Waals surface area contributed by atoms with Crippen LogP contribution in [0.4, 0.5) is 11.5 Å². The lowest BCUT2D eigenvalue weighted by Gasteiger charge is -2.17. The summed E-state index contributed by atoms with van der Waals surface area (Å²) in [5.74, 6) is 0.570. The van der Waals surface area contributed by atoms with E-state index in [0.717, 1.165) is 48.5 Å². The molecule has 8 nitrogen and oxygen atoms in total. The summed E-state index contributed by atoms with van der Waals surface area (Å²) in [4.78, 5) is 33.1. The standard InChI is InChI=1S/C30H25N7OS/c1-19-26(24-10-3-4-11-27(24)35-19)17-34-36-28-25-15-23(39-29(25)33-18-32-28)14-20-7-5-8-21(13-20)30(38)37(2)22-9-6-12-31-16-22/h3-13,15-18,35H,14H2,1-2H3,(H,32,33,36)/b34-17+. The fraction of sp³-hybridized carbons (Fsp3) is 0.100. The molecule has 2 N–H and O–H groups in total. The molecule has 0 spiro atoms. The van der Waals surface area contributed by atoms with Crippen molar-refractivity contribution < 1.29 is 4.79 Å². The van der Waals surface area contributed by atoms with Crippen LogP contribution in [0, 0.1) is 6.92 Å². The molecule has 0 aliphatic carbocycles. The number of H-pyrrole nitrogens is 1. The summed E-state index contributed by atoms with van der Waals surface area (Å²) in [5, 5.41) is 6.52. The van der Waals surface area contributed by atoms with Crippen molar-refractivity contribution in [3.8, 4) is 0 Å². The number of pyridine rings is 1. The van der Waals surface area contributed by atoms with Crippen LogP contribution >= 0.6 is 11.3 Å². The maximum Gasteiger partial charge on any atom is 0.258 e. The second-order valence-corrected chi connectivity index (χ2v) is 10.3.